The first kappa shape index (κ1) is 20.8. The van der Waals surface area contributed by atoms with Gasteiger partial charge in [-0.25, -0.2) is 0 Å². The molecule has 0 N–H and O–H groups in total. The van der Waals surface area contributed by atoms with Gasteiger partial charge in [-0.05, 0) is 34.8 Å². The van der Waals surface area contributed by atoms with Gasteiger partial charge >= 0.3 is 5.97 Å². The molecule has 148 valence electrons. The van der Waals surface area contributed by atoms with E-state index < -0.39 is 8.07 Å². The molecule has 0 atom stereocenters. The number of esters is 1. The van der Waals surface area contributed by atoms with E-state index >= 15 is 0 Å². The summed E-state index contributed by atoms with van der Waals surface area (Å²) in [6, 6.07) is 32.4. The predicted molar refractivity (Wildman–Crippen MR) is 124 cm³/mol. The predicted octanol–water partition coefficient (Wildman–Crippen LogP) is 3.99. The van der Waals surface area contributed by atoms with Crippen LogP contribution in [0.15, 0.2) is 103 Å². The molecule has 0 aliphatic carbocycles. The van der Waals surface area contributed by atoms with Crippen LogP contribution in [0.3, 0.4) is 0 Å². The fourth-order valence-electron chi connectivity index (χ4n) is 4.02. The minimum Gasteiger partial charge on any atom is -0.466 e. The highest BCUT2D eigenvalue weighted by Crippen LogP contribution is 2.20. The molecule has 0 amide bonds. The van der Waals surface area contributed by atoms with Crippen LogP contribution in [0, 0.1) is 0 Å². The number of ether oxygens (including phenoxy) is 1. The second kappa shape index (κ2) is 10.0. The van der Waals surface area contributed by atoms with Crippen LogP contribution in [-0.4, -0.2) is 20.7 Å². The second-order valence-electron chi connectivity index (χ2n) is 7.25. The summed E-state index contributed by atoms with van der Waals surface area (Å²) in [4.78, 5) is 11.0. The molecule has 0 saturated heterocycles. The quantitative estimate of drug-likeness (QED) is 0.235. The summed E-state index contributed by atoms with van der Waals surface area (Å²) >= 11 is 0. The van der Waals surface area contributed by atoms with Crippen molar-refractivity contribution in [3.05, 3.63) is 103 Å². The van der Waals surface area contributed by atoms with E-state index in [9.17, 15) is 4.79 Å². The van der Waals surface area contributed by atoms with Crippen molar-refractivity contribution in [2.45, 2.75) is 26.2 Å². The topological polar surface area (TPSA) is 26.3 Å². The summed E-state index contributed by atoms with van der Waals surface area (Å²) in [7, 11) is -2.41. The van der Waals surface area contributed by atoms with Crippen LogP contribution >= 0.6 is 0 Å². The van der Waals surface area contributed by atoms with Gasteiger partial charge in [0.1, 0.15) is 0 Å². The van der Waals surface area contributed by atoms with Crippen molar-refractivity contribution in [3.63, 3.8) is 0 Å². The van der Waals surface area contributed by atoms with Crippen molar-refractivity contribution < 1.29 is 9.53 Å². The molecule has 0 bridgehead atoms. The van der Waals surface area contributed by atoms with Crippen molar-refractivity contribution in [3.8, 4) is 0 Å². The Hall–Kier alpha value is -2.91. The van der Waals surface area contributed by atoms with E-state index in [-0.39, 0.29) is 5.97 Å². The molecule has 0 radical (unpaired) electrons. The lowest BCUT2D eigenvalue weighted by Gasteiger charge is -2.36. The Balaban J connectivity index is 2.03. The van der Waals surface area contributed by atoms with E-state index in [4.69, 9.17) is 4.74 Å². The van der Waals surface area contributed by atoms with Gasteiger partial charge < -0.3 is 4.74 Å². The number of benzene rings is 3. The molecule has 3 aromatic carbocycles. The van der Waals surface area contributed by atoms with Crippen LogP contribution in [0.2, 0.25) is 0 Å². The van der Waals surface area contributed by atoms with Crippen LogP contribution in [0.25, 0.3) is 0 Å². The van der Waals surface area contributed by atoms with Gasteiger partial charge in [0.2, 0.25) is 0 Å². The molecule has 2 nitrogen and oxygen atoms in total. The molecule has 3 rings (SSSR count). The van der Waals surface area contributed by atoms with Crippen molar-refractivity contribution in [2.24, 2.45) is 0 Å². The standard InChI is InChI=1S/C26H28O2Si/c1-22(14-12-13-21-28-23(2)27)29(24-15-6-3-7-16-24,25-17-8-4-9-18-25)26-19-10-5-11-20-26/h3-11,15-20H,1,12-14,21H2,2H3. The van der Waals surface area contributed by atoms with Crippen LogP contribution in [0.1, 0.15) is 26.2 Å². The molecule has 0 aliphatic heterocycles. The monoisotopic (exact) mass is 400 g/mol. The van der Waals surface area contributed by atoms with E-state index in [1.165, 1.54) is 27.7 Å². The van der Waals surface area contributed by atoms with Gasteiger partial charge in [-0.15, -0.1) is 6.58 Å². The molecule has 0 spiro atoms. The van der Waals surface area contributed by atoms with Crippen LogP contribution < -0.4 is 15.6 Å². The van der Waals surface area contributed by atoms with Gasteiger partial charge in [-0.3, -0.25) is 4.79 Å². The molecule has 0 heterocycles. The zero-order valence-corrected chi connectivity index (χ0v) is 18.0. The van der Waals surface area contributed by atoms with Gasteiger partial charge in [0.25, 0.3) is 0 Å². The Kier molecular flexibility index (Phi) is 7.20. The molecular weight excluding hydrogens is 372 g/mol. The lowest BCUT2D eigenvalue weighted by Crippen LogP contribution is -2.68. The summed E-state index contributed by atoms with van der Waals surface area (Å²) in [6.45, 7) is 6.57. The Labute approximate surface area is 174 Å². The minimum absolute atomic E-state index is 0.217. The van der Waals surface area contributed by atoms with Gasteiger partial charge in [0.15, 0.2) is 8.07 Å². The number of hydrogen-bond acceptors (Lipinski definition) is 2. The summed E-state index contributed by atoms with van der Waals surface area (Å²) in [5.41, 5.74) is 0. The van der Waals surface area contributed by atoms with Gasteiger partial charge in [0.05, 0.1) is 6.61 Å². The largest absolute Gasteiger partial charge is 0.466 e. The van der Waals surface area contributed by atoms with E-state index in [0.717, 1.165) is 19.3 Å². The molecular formula is C26H28O2Si. The van der Waals surface area contributed by atoms with Crippen molar-refractivity contribution in [1.29, 1.82) is 0 Å². The van der Waals surface area contributed by atoms with E-state index in [1.807, 2.05) is 0 Å². The number of hydrogen-bond donors (Lipinski definition) is 0. The summed E-state index contributed by atoms with van der Waals surface area (Å²) < 4.78 is 5.11. The average Bonchev–Trinajstić information content (AvgIpc) is 2.76. The number of unbranched alkanes of at least 4 members (excludes halogenated alkanes) is 1. The highest BCUT2D eigenvalue weighted by molar-refractivity contribution is 7.16. The van der Waals surface area contributed by atoms with E-state index in [0.29, 0.717) is 6.61 Å². The first-order valence-electron chi connectivity index (χ1n) is 10.1. The van der Waals surface area contributed by atoms with Gasteiger partial charge in [-0.1, -0.05) is 96.2 Å². The zero-order chi connectivity index (χ0) is 20.5. The molecule has 29 heavy (non-hydrogen) atoms. The molecule has 3 aromatic rings. The fourth-order valence-corrected chi connectivity index (χ4v) is 8.87. The fraction of sp³-hybridized carbons (Fsp3) is 0.192. The van der Waals surface area contributed by atoms with E-state index in [1.54, 1.807) is 0 Å². The van der Waals surface area contributed by atoms with Crippen LogP contribution in [0.4, 0.5) is 0 Å². The Morgan fingerprint density at radius 1 is 0.759 bits per heavy atom. The SMILES string of the molecule is C=C(CCCCOC(C)=O)[Si](c1ccccc1)(c1ccccc1)c1ccccc1. The Morgan fingerprint density at radius 2 is 1.17 bits per heavy atom. The van der Waals surface area contributed by atoms with Crippen LogP contribution in [0.5, 0.6) is 0 Å². The zero-order valence-electron chi connectivity index (χ0n) is 17.0. The number of allylic oxidation sites excluding steroid dienone is 1. The maximum Gasteiger partial charge on any atom is 0.302 e. The lowest BCUT2D eigenvalue weighted by atomic mass is 10.2. The third-order valence-electron chi connectivity index (χ3n) is 5.33. The summed E-state index contributed by atoms with van der Waals surface area (Å²) in [5, 5.41) is 5.33. The third-order valence-corrected chi connectivity index (χ3v) is 10.2. The smallest absolute Gasteiger partial charge is 0.302 e. The highest BCUT2D eigenvalue weighted by Gasteiger charge is 2.41. The minimum atomic E-state index is -2.41. The first-order chi connectivity index (χ1) is 14.2. The summed E-state index contributed by atoms with van der Waals surface area (Å²) in [6.07, 6.45) is 2.71. The summed E-state index contributed by atoms with van der Waals surface area (Å²) in [5.74, 6) is -0.217. The third kappa shape index (κ3) is 4.74. The molecule has 3 heteroatoms. The van der Waals surface area contributed by atoms with Gasteiger partial charge in [0, 0.05) is 6.92 Å². The highest BCUT2D eigenvalue weighted by atomic mass is 28.3. The lowest BCUT2D eigenvalue weighted by molar-refractivity contribution is -0.141. The van der Waals surface area contributed by atoms with Crippen molar-refractivity contribution in [2.75, 3.05) is 6.61 Å². The number of carbonyl (C=O) groups excluding carboxylic acids is 1. The van der Waals surface area contributed by atoms with Crippen LogP contribution in [-0.2, 0) is 9.53 Å². The van der Waals surface area contributed by atoms with Crippen molar-refractivity contribution in [1.82, 2.24) is 0 Å². The normalized spacial score (nSPS) is 11.1. The molecule has 0 fully saturated rings. The molecule has 0 unspecified atom stereocenters. The molecule has 0 saturated carbocycles. The maximum atomic E-state index is 11.0. The maximum absolute atomic E-state index is 11.0. The average molecular weight is 401 g/mol. The second-order valence-corrected chi connectivity index (χ2v) is 11.2. The number of rotatable bonds is 9. The van der Waals surface area contributed by atoms with E-state index in [2.05, 4.69) is 97.6 Å². The molecule has 0 aliphatic rings. The first-order valence-corrected chi connectivity index (χ1v) is 12.1. The van der Waals surface area contributed by atoms with Gasteiger partial charge in [-0.2, -0.15) is 0 Å². The number of carbonyl (C=O) groups is 1. The Bertz CT molecular complexity index is 824. The molecule has 0 aromatic heterocycles. The van der Waals surface area contributed by atoms with Crippen molar-refractivity contribution >= 4 is 29.6 Å². The Morgan fingerprint density at radius 3 is 1.55 bits per heavy atom.